The fourth-order valence-electron chi connectivity index (χ4n) is 3.93. The molecule has 2 aliphatic rings. The van der Waals surface area contributed by atoms with E-state index in [4.69, 9.17) is 9.47 Å². The van der Waals surface area contributed by atoms with Crippen molar-refractivity contribution in [2.45, 2.75) is 38.4 Å². The number of carbonyl (C=O) groups excluding carboxylic acids is 2. The van der Waals surface area contributed by atoms with E-state index >= 15 is 0 Å². The van der Waals surface area contributed by atoms with Crippen LogP contribution in [0.2, 0.25) is 0 Å². The number of para-hydroxylation sites is 2. The highest BCUT2D eigenvalue weighted by atomic mass is 19.1. The van der Waals surface area contributed by atoms with Crippen LogP contribution in [-0.2, 0) is 9.59 Å². The molecule has 8 heteroatoms. The summed E-state index contributed by atoms with van der Waals surface area (Å²) in [7, 11) is 0. The van der Waals surface area contributed by atoms with E-state index in [2.05, 4.69) is 0 Å². The van der Waals surface area contributed by atoms with Gasteiger partial charge in [0.2, 0.25) is 5.91 Å². The molecule has 1 saturated heterocycles. The van der Waals surface area contributed by atoms with Crippen LogP contribution in [0.1, 0.15) is 26.2 Å². The Balaban J connectivity index is 1.30. The molecule has 1 atom stereocenters. The molecule has 2 heterocycles. The first-order valence-corrected chi connectivity index (χ1v) is 10.4. The summed E-state index contributed by atoms with van der Waals surface area (Å²) in [6.07, 6.45) is 0.477. The molecular weight excluding hydrogens is 406 g/mol. The van der Waals surface area contributed by atoms with E-state index in [-0.39, 0.29) is 36.6 Å². The first kappa shape index (κ1) is 21.1. The van der Waals surface area contributed by atoms with Crippen LogP contribution in [0.3, 0.4) is 0 Å². The van der Waals surface area contributed by atoms with E-state index < -0.39 is 17.7 Å². The molecule has 2 aromatic rings. The molecule has 1 unspecified atom stereocenters. The van der Waals surface area contributed by atoms with Gasteiger partial charge in [0.1, 0.15) is 17.7 Å². The van der Waals surface area contributed by atoms with Crippen LogP contribution in [-0.4, -0.2) is 48.6 Å². The number of amides is 2. The van der Waals surface area contributed by atoms with E-state index in [0.717, 1.165) is 12.1 Å². The third kappa shape index (κ3) is 4.62. The highest BCUT2D eigenvalue weighted by molar-refractivity contribution is 6.00. The van der Waals surface area contributed by atoms with Crippen LogP contribution >= 0.6 is 0 Å². The molecule has 6 nitrogen and oxygen atoms in total. The number of ether oxygens (including phenoxy) is 2. The van der Waals surface area contributed by atoms with Gasteiger partial charge in [-0.25, -0.2) is 8.78 Å². The summed E-state index contributed by atoms with van der Waals surface area (Å²) in [6.45, 7) is 2.94. The summed E-state index contributed by atoms with van der Waals surface area (Å²) in [6, 6.07) is 10.5. The lowest BCUT2D eigenvalue weighted by Gasteiger charge is -2.35. The Hall–Kier alpha value is -3.16. The van der Waals surface area contributed by atoms with Gasteiger partial charge in [0.15, 0.2) is 17.7 Å². The summed E-state index contributed by atoms with van der Waals surface area (Å²) >= 11 is 0. The number of anilines is 1. The van der Waals surface area contributed by atoms with E-state index in [0.29, 0.717) is 37.4 Å². The van der Waals surface area contributed by atoms with E-state index in [1.165, 1.54) is 6.07 Å². The number of likely N-dealkylation sites (tertiary alicyclic amines) is 1. The Morgan fingerprint density at radius 1 is 1.16 bits per heavy atom. The van der Waals surface area contributed by atoms with E-state index in [1.54, 1.807) is 22.8 Å². The van der Waals surface area contributed by atoms with Gasteiger partial charge in [0.05, 0.1) is 5.69 Å². The van der Waals surface area contributed by atoms with Gasteiger partial charge < -0.3 is 19.3 Å². The van der Waals surface area contributed by atoms with Crippen molar-refractivity contribution in [3.05, 3.63) is 54.1 Å². The zero-order valence-electron chi connectivity index (χ0n) is 17.2. The van der Waals surface area contributed by atoms with Gasteiger partial charge in [-0.05, 0) is 31.2 Å². The molecular formula is C23H24F2N2O4. The second-order valence-corrected chi connectivity index (χ2v) is 7.74. The molecule has 2 aromatic carbocycles. The van der Waals surface area contributed by atoms with Crippen molar-refractivity contribution < 1.29 is 27.8 Å². The number of benzene rings is 2. The molecule has 0 aromatic heterocycles. The predicted octanol–water partition coefficient (Wildman–Crippen LogP) is 3.54. The second kappa shape index (κ2) is 8.91. The Labute approximate surface area is 179 Å². The SMILES string of the molecule is CC1Oc2ccccc2N(CCC(=O)N2CCC(Oc3ccc(F)cc3F)CC2)C1=O. The maximum Gasteiger partial charge on any atom is 0.267 e. The van der Waals surface area contributed by atoms with Gasteiger partial charge >= 0.3 is 0 Å². The average Bonchev–Trinajstić information content (AvgIpc) is 2.76. The molecule has 164 valence electrons. The zero-order chi connectivity index (χ0) is 22.0. The smallest absolute Gasteiger partial charge is 0.267 e. The van der Waals surface area contributed by atoms with Gasteiger partial charge in [-0.1, -0.05) is 12.1 Å². The quantitative estimate of drug-likeness (QED) is 0.728. The van der Waals surface area contributed by atoms with Crippen molar-refractivity contribution in [3.8, 4) is 11.5 Å². The van der Waals surface area contributed by atoms with Crippen LogP contribution in [0, 0.1) is 11.6 Å². The average molecular weight is 430 g/mol. The van der Waals surface area contributed by atoms with Crippen LogP contribution in [0.15, 0.2) is 42.5 Å². The van der Waals surface area contributed by atoms with E-state index in [9.17, 15) is 18.4 Å². The molecule has 1 fully saturated rings. The highest BCUT2D eigenvalue weighted by Gasteiger charge is 2.32. The van der Waals surface area contributed by atoms with Gasteiger partial charge in [-0.2, -0.15) is 0 Å². The van der Waals surface area contributed by atoms with Gasteiger partial charge in [-0.15, -0.1) is 0 Å². The molecule has 0 radical (unpaired) electrons. The van der Waals surface area contributed by atoms with Gasteiger partial charge in [0.25, 0.3) is 5.91 Å². The lowest BCUT2D eigenvalue weighted by Crippen LogP contribution is -2.47. The van der Waals surface area contributed by atoms with Crippen molar-refractivity contribution in [3.63, 3.8) is 0 Å². The Morgan fingerprint density at radius 2 is 1.90 bits per heavy atom. The van der Waals surface area contributed by atoms with Gasteiger partial charge in [-0.3, -0.25) is 9.59 Å². The van der Waals surface area contributed by atoms with Crippen molar-refractivity contribution in [1.29, 1.82) is 0 Å². The van der Waals surface area contributed by atoms with E-state index in [1.807, 2.05) is 18.2 Å². The normalized spacial score (nSPS) is 19.1. The third-order valence-corrected chi connectivity index (χ3v) is 5.61. The molecule has 31 heavy (non-hydrogen) atoms. The summed E-state index contributed by atoms with van der Waals surface area (Å²) in [5, 5.41) is 0. The summed E-state index contributed by atoms with van der Waals surface area (Å²) in [5.41, 5.74) is 0.673. The minimum atomic E-state index is -0.733. The second-order valence-electron chi connectivity index (χ2n) is 7.74. The maximum absolute atomic E-state index is 13.8. The molecule has 0 N–H and O–H groups in total. The monoisotopic (exact) mass is 430 g/mol. The number of rotatable bonds is 5. The van der Waals surface area contributed by atoms with Crippen molar-refractivity contribution in [2.75, 3.05) is 24.5 Å². The minimum absolute atomic E-state index is 0.0183. The van der Waals surface area contributed by atoms with Crippen LogP contribution in [0.25, 0.3) is 0 Å². The number of fused-ring (bicyclic) bond motifs is 1. The summed E-state index contributed by atoms with van der Waals surface area (Å²) in [5.74, 6) is -0.946. The van der Waals surface area contributed by atoms with Crippen molar-refractivity contribution in [1.82, 2.24) is 4.90 Å². The molecule has 4 rings (SSSR count). The van der Waals surface area contributed by atoms with Gasteiger partial charge in [0, 0.05) is 45.0 Å². The number of nitrogens with zero attached hydrogens (tertiary/aromatic N) is 2. The lowest BCUT2D eigenvalue weighted by molar-refractivity contribution is -0.133. The van der Waals surface area contributed by atoms with Crippen molar-refractivity contribution >= 4 is 17.5 Å². The topological polar surface area (TPSA) is 59.1 Å². The highest BCUT2D eigenvalue weighted by Crippen LogP contribution is 2.33. The fraction of sp³-hybridized carbons (Fsp3) is 0.391. The first-order chi connectivity index (χ1) is 14.9. The molecule has 2 aliphatic heterocycles. The third-order valence-electron chi connectivity index (χ3n) is 5.61. The Kier molecular flexibility index (Phi) is 6.06. The molecule has 2 amide bonds. The molecule has 0 bridgehead atoms. The Morgan fingerprint density at radius 3 is 2.65 bits per heavy atom. The molecule has 0 spiro atoms. The first-order valence-electron chi connectivity index (χ1n) is 10.4. The Bertz CT molecular complexity index is 976. The number of carbonyl (C=O) groups is 2. The fourth-order valence-corrected chi connectivity index (χ4v) is 3.93. The van der Waals surface area contributed by atoms with Crippen LogP contribution in [0.5, 0.6) is 11.5 Å². The minimum Gasteiger partial charge on any atom is -0.487 e. The number of piperidine rings is 1. The number of hydrogen-bond acceptors (Lipinski definition) is 4. The van der Waals surface area contributed by atoms with Crippen LogP contribution < -0.4 is 14.4 Å². The zero-order valence-corrected chi connectivity index (χ0v) is 17.2. The lowest BCUT2D eigenvalue weighted by atomic mass is 10.1. The van der Waals surface area contributed by atoms with Crippen molar-refractivity contribution in [2.24, 2.45) is 0 Å². The number of halogens is 2. The predicted molar refractivity (Wildman–Crippen MR) is 110 cm³/mol. The molecule has 0 aliphatic carbocycles. The summed E-state index contributed by atoms with van der Waals surface area (Å²) < 4.78 is 38.1. The largest absolute Gasteiger partial charge is 0.487 e. The number of hydrogen-bond donors (Lipinski definition) is 0. The molecule has 0 saturated carbocycles. The summed E-state index contributed by atoms with van der Waals surface area (Å²) in [4.78, 5) is 28.6. The van der Waals surface area contributed by atoms with Crippen LogP contribution in [0.4, 0.5) is 14.5 Å². The standard InChI is InChI=1S/C23H24F2N2O4/c1-15-23(29)27(19-4-2-3-5-21(19)30-15)13-10-22(28)26-11-8-17(9-12-26)31-20-7-6-16(24)14-18(20)25/h2-7,14-15,17H,8-13H2,1H3. The maximum atomic E-state index is 13.8.